The second-order valence-electron chi connectivity index (χ2n) is 6.40. The quantitative estimate of drug-likeness (QED) is 0.416. The van der Waals surface area contributed by atoms with E-state index in [0.717, 1.165) is 30.2 Å². The number of carbonyl (C=O) groups excluding carboxylic acids is 2. The van der Waals surface area contributed by atoms with Gasteiger partial charge in [-0.2, -0.15) is 13.2 Å². The lowest BCUT2D eigenvalue weighted by molar-refractivity contribution is -0.144. The summed E-state index contributed by atoms with van der Waals surface area (Å²) in [6.07, 6.45) is -2.80. The van der Waals surface area contributed by atoms with Gasteiger partial charge >= 0.3 is 12.1 Å². The minimum absolute atomic E-state index is 0.00387. The number of aryl methyl sites for hydroxylation is 1. The molecule has 29 heavy (non-hydrogen) atoms. The van der Waals surface area contributed by atoms with E-state index >= 15 is 0 Å². The van der Waals surface area contributed by atoms with Gasteiger partial charge in [-0.1, -0.05) is 41.9 Å². The lowest BCUT2D eigenvalue weighted by atomic mass is 10.1. The number of benzene rings is 2. The van der Waals surface area contributed by atoms with Crippen molar-refractivity contribution in [1.82, 2.24) is 0 Å². The molecule has 0 aliphatic rings. The van der Waals surface area contributed by atoms with E-state index < -0.39 is 23.6 Å². The predicted octanol–water partition coefficient (Wildman–Crippen LogP) is 5.64. The zero-order chi connectivity index (χ0) is 21.3. The Hall–Kier alpha value is -2.54. The Balaban J connectivity index is 1.67. The van der Waals surface area contributed by atoms with Gasteiger partial charge in [0, 0.05) is 12.8 Å². The fraction of sp³-hybridized carbons (Fsp3) is 0.333. The fourth-order valence-corrected chi connectivity index (χ4v) is 2.75. The molecule has 8 heteroatoms. The number of hydrogen-bond acceptors (Lipinski definition) is 3. The maximum absolute atomic E-state index is 12.7. The average Bonchev–Trinajstić information content (AvgIpc) is 2.67. The van der Waals surface area contributed by atoms with Gasteiger partial charge in [0.2, 0.25) is 5.91 Å². The van der Waals surface area contributed by atoms with Crippen LogP contribution in [-0.4, -0.2) is 18.5 Å². The molecule has 2 rings (SSSR count). The lowest BCUT2D eigenvalue weighted by Crippen LogP contribution is -2.14. The zero-order valence-electron chi connectivity index (χ0n) is 15.6. The number of halogens is 4. The van der Waals surface area contributed by atoms with Gasteiger partial charge in [0.25, 0.3) is 0 Å². The molecule has 2 aromatic rings. The number of amides is 1. The molecule has 0 saturated carbocycles. The summed E-state index contributed by atoms with van der Waals surface area (Å²) < 4.78 is 43.4. The van der Waals surface area contributed by atoms with Crippen molar-refractivity contribution in [2.75, 3.05) is 11.9 Å². The number of carbonyl (C=O) groups is 2. The summed E-state index contributed by atoms with van der Waals surface area (Å²) in [6, 6.07) is 12.5. The first kappa shape index (κ1) is 22.7. The third-order valence-corrected chi connectivity index (χ3v) is 4.40. The minimum atomic E-state index is -4.53. The van der Waals surface area contributed by atoms with Gasteiger partial charge < -0.3 is 10.1 Å². The summed E-state index contributed by atoms with van der Waals surface area (Å²) in [6.45, 7) is 0.291. The number of rotatable bonds is 9. The van der Waals surface area contributed by atoms with E-state index in [-0.39, 0.29) is 30.0 Å². The summed E-state index contributed by atoms with van der Waals surface area (Å²) in [5.74, 6) is -0.939. The minimum Gasteiger partial charge on any atom is -0.466 e. The van der Waals surface area contributed by atoms with Crippen molar-refractivity contribution in [3.05, 3.63) is 64.7 Å². The van der Waals surface area contributed by atoms with Crippen molar-refractivity contribution < 1.29 is 27.5 Å². The van der Waals surface area contributed by atoms with Crippen LogP contribution in [0.15, 0.2) is 48.5 Å². The van der Waals surface area contributed by atoms with Crippen molar-refractivity contribution in [3.8, 4) is 0 Å². The van der Waals surface area contributed by atoms with Crippen molar-refractivity contribution in [2.45, 2.75) is 38.3 Å². The third kappa shape index (κ3) is 8.15. The molecular formula is C21H21ClF3NO3. The van der Waals surface area contributed by atoms with Crippen LogP contribution in [-0.2, 0) is 26.9 Å². The van der Waals surface area contributed by atoms with Crippen LogP contribution in [0.2, 0.25) is 5.02 Å². The molecule has 0 bridgehead atoms. The van der Waals surface area contributed by atoms with E-state index in [1.165, 1.54) is 0 Å². The topological polar surface area (TPSA) is 55.4 Å². The van der Waals surface area contributed by atoms with Crippen molar-refractivity contribution in [2.24, 2.45) is 0 Å². The summed E-state index contributed by atoms with van der Waals surface area (Å²) in [7, 11) is 0. The van der Waals surface area contributed by atoms with E-state index in [2.05, 4.69) is 5.32 Å². The maximum atomic E-state index is 12.7. The van der Waals surface area contributed by atoms with Crippen LogP contribution in [0.3, 0.4) is 0 Å². The number of alkyl halides is 3. The Bertz CT molecular complexity index is 826. The molecule has 1 amide bonds. The van der Waals surface area contributed by atoms with Gasteiger partial charge in [0.15, 0.2) is 0 Å². The molecule has 0 fully saturated rings. The number of esters is 1. The lowest BCUT2D eigenvalue weighted by Gasteiger charge is -2.11. The van der Waals surface area contributed by atoms with Crippen LogP contribution in [0.25, 0.3) is 0 Å². The molecule has 0 saturated heterocycles. The summed E-state index contributed by atoms with van der Waals surface area (Å²) >= 11 is 5.83. The molecular weight excluding hydrogens is 407 g/mol. The van der Waals surface area contributed by atoms with Gasteiger partial charge in [-0.25, -0.2) is 0 Å². The fourth-order valence-electron chi connectivity index (χ4n) is 2.58. The highest BCUT2D eigenvalue weighted by Gasteiger charge is 2.31. The Morgan fingerprint density at radius 3 is 2.41 bits per heavy atom. The Labute approximate surface area is 172 Å². The number of ether oxygens (including phenoxy) is 1. The maximum Gasteiger partial charge on any atom is 0.416 e. The number of nitrogens with one attached hydrogen (secondary N) is 1. The van der Waals surface area contributed by atoms with Gasteiger partial charge in [-0.15, -0.1) is 0 Å². The largest absolute Gasteiger partial charge is 0.466 e. The first-order valence-corrected chi connectivity index (χ1v) is 9.49. The van der Waals surface area contributed by atoms with Gasteiger partial charge in [-0.05, 0) is 43.0 Å². The highest BCUT2D eigenvalue weighted by atomic mass is 35.5. The predicted molar refractivity (Wildman–Crippen MR) is 105 cm³/mol. The number of hydrogen-bond donors (Lipinski definition) is 1. The van der Waals surface area contributed by atoms with Crippen LogP contribution in [0.4, 0.5) is 18.9 Å². The normalized spacial score (nSPS) is 11.2. The zero-order valence-corrected chi connectivity index (χ0v) is 16.4. The molecule has 0 heterocycles. The van der Waals surface area contributed by atoms with Crippen molar-refractivity contribution in [1.29, 1.82) is 0 Å². The van der Waals surface area contributed by atoms with E-state index in [4.69, 9.17) is 16.3 Å². The van der Waals surface area contributed by atoms with Crippen LogP contribution >= 0.6 is 11.6 Å². The van der Waals surface area contributed by atoms with Crippen LogP contribution in [0.5, 0.6) is 0 Å². The molecule has 0 radical (unpaired) electrons. The monoisotopic (exact) mass is 427 g/mol. The average molecular weight is 428 g/mol. The molecule has 0 aliphatic heterocycles. The smallest absolute Gasteiger partial charge is 0.416 e. The molecule has 2 aromatic carbocycles. The Morgan fingerprint density at radius 1 is 1.00 bits per heavy atom. The summed E-state index contributed by atoms with van der Waals surface area (Å²) in [5, 5.41) is 2.35. The second-order valence-corrected chi connectivity index (χ2v) is 6.81. The van der Waals surface area contributed by atoms with E-state index in [1.54, 1.807) is 0 Å². The number of anilines is 1. The van der Waals surface area contributed by atoms with E-state index in [9.17, 15) is 22.8 Å². The second kappa shape index (κ2) is 10.9. The highest BCUT2D eigenvalue weighted by molar-refractivity contribution is 6.33. The van der Waals surface area contributed by atoms with Crippen molar-refractivity contribution >= 4 is 29.2 Å². The first-order chi connectivity index (χ1) is 13.8. The van der Waals surface area contributed by atoms with Gasteiger partial charge in [0.05, 0.1) is 22.9 Å². The van der Waals surface area contributed by atoms with Gasteiger partial charge in [0.1, 0.15) is 0 Å². The molecule has 0 unspecified atom stereocenters. The molecule has 0 aliphatic carbocycles. The molecule has 156 valence electrons. The SMILES string of the molecule is O=C(CCCC(=O)OCCCc1ccccc1)Nc1cc(C(F)(F)F)ccc1Cl. The Morgan fingerprint density at radius 2 is 1.72 bits per heavy atom. The summed E-state index contributed by atoms with van der Waals surface area (Å²) in [4.78, 5) is 23.6. The molecule has 0 atom stereocenters. The first-order valence-electron chi connectivity index (χ1n) is 9.12. The molecule has 1 N–H and O–H groups in total. The van der Waals surface area contributed by atoms with Crippen LogP contribution in [0, 0.1) is 0 Å². The van der Waals surface area contributed by atoms with E-state index in [0.29, 0.717) is 13.0 Å². The van der Waals surface area contributed by atoms with E-state index in [1.807, 2.05) is 30.3 Å². The highest BCUT2D eigenvalue weighted by Crippen LogP contribution is 2.33. The Kier molecular flexibility index (Phi) is 8.51. The van der Waals surface area contributed by atoms with Crippen LogP contribution < -0.4 is 5.32 Å². The van der Waals surface area contributed by atoms with Crippen molar-refractivity contribution in [3.63, 3.8) is 0 Å². The third-order valence-electron chi connectivity index (χ3n) is 4.07. The van der Waals surface area contributed by atoms with Gasteiger partial charge in [-0.3, -0.25) is 9.59 Å². The molecule has 0 aromatic heterocycles. The van der Waals surface area contributed by atoms with Crippen LogP contribution in [0.1, 0.15) is 36.8 Å². The molecule has 0 spiro atoms. The summed E-state index contributed by atoms with van der Waals surface area (Å²) in [5.41, 5.74) is 0.139. The molecule has 4 nitrogen and oxygen atoms in total. The standard InChI is InChI=1S/C21H21ClF3NO3/c22-17-12-11-16(21(23,24)25)14-18(17)26-19(27)9-4-10-20(28)29-13-5-8-15-6-2-1-3-7-15/h1-3,6-7,11-12,14H,4-5,8-10,13H2,(H,26,27).